The van der Waals surface area contributed by atoms with Gasteiger partial charge in [0, 0.05) is 37.1 Å². The number of anilines is 1. The Morgan fingerprint density at radius 3 is 2.70 bits per heavy atom. The van der Waals surface area contributed by atoms with Crippen LogP contribution in [0.15, 0.2) is 40.8 Å². The number of amides is 1. The maximum Gasteiger partial charge on any atom is 0.290 e. The van der Waals surface area contributed by atoms with Gasteiger partial charge < -0.3 is 19.0 Å². The molecule has 2 aromatic heterocycles. The minimum Gasteiger partial charge on any atom is -0.451 e. The standard InChI is InChI=1S/C23H28N4O3/c1-16(2)29-15-19-18-7-4-5-8-20(18)30-22(19)23(28)27-12-6-11-26(13-14-27)21-10-9-17(3)24-25-21/h4-5,7-10,16H,6,11-15H2,1-3H3. The lowest BCUT2D eigenvalue weighted by Crippen LogP contribution is -2.35. The maximum atomic E-state index is 13.4. The third-order valence-electron chi connectivity index (χ3n) is 5.34. The monoisotopic (exact) mass is 408 g/mol. The Morgan fingerprint density at radius 1 is 1.10 bits per heavy atom. The fraction of sp³-hybridized carbons (Fsp3) is 0.435. The van der Waals surface area contributed by atoms with Gasteiger partial charge in [0.1, 0.15) is 5.58 Å². The molecular weight excluding hydrogens is 380 g/mol. The molecule has 158 valence electrons. The van der Waals surface area contributed by atoms with Gasteiger partial charge in [0.15, 0.2) is 11.6 Å². The summed E-state index contributed by atoms with van der Waals surface area (Å²) in [5.41, 5.74) is 2.44. The molecule has 1 aliphatic heterocycles. The van der Waals surface area contributed by atoms with Crippen molar-refractivity contribution in [3.05, 3.63) is 53.4 Å². The number of benzene rings is 1. The number of furan rings is 1. The Labute approximate surface area is 176 Å². The van der Waals surface area contributed by atoms with Crippen molar-refractivity contribution in [1.82, 2.24) is 15.1 Å². The Balaban J connectivity index is 1.54. The lowest BCUT2D eigenvalue weighted by molar-refractivity contribution is 0.0615. The van der Waals surface area contributed by atoms with Gasteiger partial charge >= 0.3 is 0 Å². The molecule has 0 spiro atoms. The van der Waals surface area contributed by atoms with Crippen LogP contribution in [-0.2, 0) is 11.3 Å². The molecule has 7 nitrogen and oxygen atoms in total. The summed E-state index contributed by atoms with van der Waals surface area (Å²) in [5, 5.41) is 9.39. The van der Waals surface area contributed by atoms with E-state index in [1.165, 1.54) is 0 Å². The molecule has 0 atom stereocenters. The van der Waals surface area contributed by atoms with E-state index in [-0.39, 0.29) is 12.0 Å². The van der Waals surface area contributed by atoms with Crippen LogP contribution in [0.5, 0.6) is 0 Å². The molecule has 30 heavy (non-hydrogen) atoms. The molecular formula is C23H28N4O3. The average molecular weight is 409 g/mol. The summed E-state index contributed by atoms with van der Waals surface area (Å²) in [7, 11) is 0. The average Bonchev–Trinajstić information content (AvgIpc) is 2.93. The SMILES string of the molecule is Cc1ccc(N2CCCN(C(=O)c3oc4ccccc4c3COC(C)C)CC2)nn1. The van der Waals surface area contributed by atoms with Crippen LogP contribution in [-0.4, -0.2) is 53.3 Å². The van der Waals surface area contributed by atoms with Gasteiger partial charge in [-0.3, -0.25) is 4.79 Å². The number of fused-ring (bicyclic) bond motifs is 1. The molecule has 1 aromatic carbocycles. The highest BCUT2D eigenvalue weighted by atomic mass is 16.5. The van der Waals surface area contributed by atoms with Crippen LogP contribution in [0.2, 0.25) is 0 Å². The number of nitrogens with zero attached hydrogens (tertiary/aromatic N) is 4. The van der Waals surface area contributed by atoms with Gasteiger partial charge in [0.2, 0.25) is 0 Å². The third-order valence-corrected chi connectivity index (χ3v) is 5.34. The molecule has 0 radical (unpaired) electrons. The van der Waals surface area contributed by atoms with Crippen LogP contribution in [0.4, 0.5) is 5.82 Å². The van der Waals surface area contributed by atoms with Crippen molar-refractivity contribution in [2.45, 2.75) is 39.9 Å². The molecule has 0 unspecified atom stereocenters. The highest BCUT2D eigenvalue weighted by Crippen LogP contribution is 2.28. The quantitative estimate of drug-likeness (QED) is 0.639. The summed E-state index contributed by atoms with van der Waals surface area (Å²) in [6, 6.07) is 11.7. The number of carbonyl (C=O) groups is 1. The van der Waals surface area contributed by atoms with E-state index in [0.717, 1.165) is 41.0 Å². The molecule has 1 amide bonds. The first-order chi connectivity index (χ1) is 14.5. The van der Waals surface area contributed by atoms with Crippen LogP contribution in [0.3, 0.4) is 0 Å². The van der Waals surface area contributed by atoms with Crippen LogP contribution >= 0.6 is 0 Å². The molecule has 1 fully saturated rings. The molecule has 1 aliphatic rings. The predicted octanol–water partition coefficient (Wildman–Crippen LogP) is 3.81. The van der Waals surface area contributed by atoms with Crippen molar-refractivity contribution < 1.29 is 13.9 Å². The summed E-state index contributed by atoms with van der Waals surface area (Å²) < 4.78 is 11.8. The zero-order chi connectivity index (χ0) is 21.1. The highest BCUT2D eigenvalue weighted by Gasteiger charge is 2.27. The fourth-order valence-corrected chi connectivity index (χ4v) is 3.72. The summed E-state index contributed by atoms with van der Waals surface area (Å²) in [6.07, 6.45) is 0.934. The van der Waals surface area contributed by atoms with E-state index in [1.54, 1.807) is 0 Å². The summed E-state index contributed by atoms with van der Waals surface area (Å²) in [5.74, 6) is 1.16. The predicted molar refractivity (Wildman–Crippen MR) is 116 cm³/mol. The van der Waals surface area contributed by atoms with Gasteiger partial charge in [0.25, 0.3) is 5.91 Å². The number of aromatic nitrogens is 2. The highest BCUT2D eigenvalue weighted by molar-refractivity contribution is 5.99. The second kappa shape index (κ2) is 8.83. The van der Waals surface area contributed by atoms with E-state index in [4.69, 9.17) is 9.15 Å². The first kappa shape index (κ1) is 20.3. The van der Waals surface area contributed by atoms with E-state index in [9.17, 15) is 4.79 Å². The van der Waals surface area contributed by atoms with Gasteiger partial charge in [-0.05, 0) is 45.4 Å². The summed E-state index contributed by atoms with van der Waals surface area (Å²) >= 11 is 0. The van der Waals surface area contributed by atoms with E-state index >= 15 is 0 Å². The minimum absolute atomic E-state index is 0.0731. The first-order valence-corrected chi connectivity index (χ1v) is 10.5. The van der Waals surface area contributed by atoms with E-state index in [0.29, 0.717) is 32.0 Å². The molecule has 4 rings (SSSR count). The number of ether oxygens (including phenoxy) is 1. The van der Waals surface area contributed by atoms with Crippen molar-refractivity contribution in [2.75, 3.05) is 31.1 Å². The van der Waals surface area contributed by atoms with Crippen molar-refractivity contribution in [3.63, 3.8) is 0 Å². The topological polar surface area (TPSA) is 71.7 Å². The molecule has 3 heterocycles. The van der Waals surface area contributed by atoms with Gasteiger partial charge in [-0.25, -0.2) is 0 Å². The number of carbonyl (C=O) groups excluding carboxylic acids is 1. The summed E-state index contributed by atoms with van der Waals surface area (Å²) in [4.78, 5) is 17.5. The molecule has 0 aliphatic carbocycles. The van der Waals surface area contributed by atoms with Gasteiger partial charge in [-0.1, -0.05) is 18.2 Å². The molecule has 0 bridgehead atoms. The Bertz CT molecular complexity index is 1010. The van der Waals surface area contributed by atoms with Gasteiger partial charge in [0.05, 0.1) is 18.4 Å². The Kier molecular flexibility index (Phi) is 5.99. The fourth-order valence-electron chi connectivity index (χ4n) is 3.72. The second-order valence-corrected chi connectivity index (χ2v) is 7.93. The van der Waals surface area contributed by atoms with E-state index in [2.05, 4.69) is 15.1 Å². The van der Waals surface area contributed by atoms with Crippen molar-refractivity contribution in [1.29, 1.82) is 0 Å². The minimum atomic E-state index is -0.0783. The molecule has 7 heteroatoms. The van der Waals surface area contributed by atoms with Crippen molar-refractivity contribution in [2.24, 2.45) is 0 Å². The van der Waals surface area contributed by atoms with E-state index in [1.807, 2.05) is 62.1 Å². The zero-order valence-corrected chi connectivity index (χ0v) is 17.8. The number of rotatable bonds is 5. The normalized spacial score (nSPS) is 15.1. The number of hydrogen-bond acceptors (Lipinski definition) is 6. The largest absolute Gasteiger partial charge is 0.451 e. The van der Waals surface area contributed by atoms with E-state index < -0.39 is 0 Å². The third kappa shape index (κ3) is 4.31. The van der Waals surface area contributed by atoms with Gasteiger partial charge in [-0.15, -0.1) is 5.10 Å². The van der Waals surface area contributed by atoms with Crippen LogP contribution in [0.25, 0.3) is 11.0 Å². The smallest absolute Gasteiger partial charge is 0.290 e. The first-order valence-electron chi connectivity index (χ1n) is 10.5. The lowest BCUT2D eigenvalue weighted by atomic mass is 10.1. The molecule has 0 N–H and O–H groups in total. The zero-order valence-electron chi connectivity index (χ0n) is 17.8. The van der Waals surface area contributed by atoms with Crippen molar-refractivity contribution in [3.8, 4) is 0 Å². The molecule has 1 saturated heterocycles. The molecule has 3 aromatic rings. The lowest BCUT2D eigenvalue weighted by Gasteiger charge is -2.22. The van der Waals surface area contributed by atoms with Crippen LogP contribution in [0, 0.1) is 6.92 Å². The number of hydrogen-bond donors (Lipinski definition) is 0. The summed E-state index contributed by atoms with van der Waals surface area (Å²) in [6.45, 7) is 9.09. The van der Waals surface area contributed by atoms with Gasteiger partial charge in [-0.2, -0.15) is 5.10 Å². The number of para-hydroxylation sites is 1. The van der Waals surface area contributed by atoms with Crippen LogP contribution < -0.4 is 4.90 Å². The Hall–Kier alpha value is -2.93. The Morgan fingerprint density at radius 2 is 1.93 bits per heavy atom. The van der Waals surface area contributed by atoms with Crippen LogP contribution in [0.1, 0.15) is 42.1 Å². The van der Waals surface area contributed by atoms with Crippen molar-refractivity contribution >= 4 is 22.7 Å². The maximum absolute atomic E-state index is 13.4. The second-order valence-electron chi connectivity index (χ2n) is 7.93. The molecule has 0 saturated carbocycles. The number of aryl methyl sites for hydroxylation is 1.